The predicted octanol–water partition coefficient (Wildman–Crippen LogP) is 3.58. The standard InChI is InChI=1S/C33H41ClFN7O3/c1-40(2)30(43)27(36)14-22-18-41(12-5-11-37-22)29-24-19-45-33(10-8-23-25(33)6-3-7-26(23)34)16-28(24)38-31(39-29)44-20-32-9-4-13-42(32)17-21(35)15-32/h3,6-7,14,21H,4-5,8-13,15-20,36H2,1-2H3/t21-,32+,33+/m1/s1. The highest BCUT2D eigenvalue weighted by molar-refractivity contribution is 6.31. The van der Waals surface area contributed by atoms with Crippen molar-refractivity contribution < 1.29 is 18.7 Å². The molecule has 5 heterocycles. The van der Waals surface area contributed by atoms with Crippen LogP contribution in [0.5, 0.6) is 6.01 Å². The van der Waals surface area contributed by atoms with Crippen LogP contribution in [-0.2, 0) is 34.6 Å². The summed E-state index contributed by atoms with van der Waals surface area (Å²) in [4.78, 5) is 33.1. The molecule has 1 aromatic heterocycles. The SMILES string of the molecule is CN(C)C(=O)C(N)=CC1=NCCCN(c2nc(OC[C@@]34CCCN3C[C@H](F)C4)nc3c2CO[C@@]2(CCc4c(Cl)cccc42)C3)C1. The van der Waals surface area contributed by atoms with Crippen LogP contribution < -0.4 is 15.4 Å². The van der Waals surface area contributed by atoms with Gasteiger partial charge in [0.1, 0.15) is 18.6 Å². The van der Waals surface area contributed by atoms with E-state index in [1.807, 2.05) is 12.1 Å². The fourth-order valence-corrected chi connectivity index (χ4v) is 8.18. The zero-order valence-electron chi connectivity index (χ0n) is 26.0. The number of nitrogens with two attached hydrogens (primary N) is 1. The van der Waals surface area contributed by atoms with Gasteiger partial charge in [-0.3, -0.25) is 14.7 Å². The number of likely N-dealkylation sites (N-methyl/N-ethyl adjacent to an activating group) is 1. The number of carbonyl (C=O) groups excluding carboxylic acids is 1. The van der Waals surface area contributed by atoms with Gasteiger partial charge in [0.25, 0.3) is 5.91 Å². The maximum absolute atomic E-state index is 14.5. The van der Waals surface area contributed by atoms with E-state index < -0.39 is 11.8 Å². The van der Waals surface area contributed by atoms with E-state index in [0.29, 0.717) is 64.0 Å². The van der Waals surface area contributed by atoms with E-state index >= 15 is 0 Å². The lowest BCUT2D eigenvalue weighted by atomic mass is 9.87. The van der Waals surface area contributed by atoms with Crippen molar-refractivity contribution in [2.75, 3.05) is 58.3 Å². The van der Waals surface area contributed by atoms with E-state index in [0.717, 1.165) is 71.9 Å². The Hall–Kier alpha value is -3.28. The van der Waals surface area contributed by atoms with Gasteiger partial charge in [0.2, 0.25) is 0 Å². The van der Waals surface area contributed by atoms with Gasteiger partial charge in [0.05, 0.1) is 41.4 Å². The van der Waals surface area contributed by atoms with Crippen molar-refractivity contribution in [1.29, 1.82) is 0 Å². The number of hydrogen-bond donors (Lipinski definition) is 1. The monoisotopic (exact) mass is 637 g/mol. The average molecular weight is 638 g/mol. The molecule has 2 saturated heterocycles. The van der Waals surface area contributed by atoms with E-state index in [1.54, 1.807) is 20.2 Å². The molecule has 1 amide bonds. The number of aliphatic imine (C=N–C) groups is 1. The average Bonchev–Trinajstić information content (AvgIpc) is 3.60. The summed E-state index contributed by atoms with van der Waals surface area (Å²) in [7, 11) is 3.35. The van der Waals surface area contributed by atoms with Crippen LogP contribution in [0, 0.1) is 0 Å². The fraction of sp³-hybridized carbons (Fsp3) is 0.576. The van der Waals surface area contributed by atoms with Crippen LogP contribution in [0.1, 0.15) is 54.5 Å². The van der Waals surface area contributed by atoms with Crippen molar-refractivity contribution in [1.82, 2.24) is 19.8 Å². The van der Waals surface area contributed by atoms with Crippen LogP contribution >= 0.6 is 11.6 Å². The molecule has 0 unspecified atom stereocenters. The van der Waals surface area contributed by atoms with Crippen LogP contribution in [0.3, 0.4) is 0 Å². The first-order valence-corrected chi connectivity index (χ1v) is 16.3. The highest BCUT2D eigenvalue weighted by Crippen LogP contribution is 2.49. The van der Waals surface area contributed by atoms with Gasteiger partial charge in [-0.05, 0) is 61.9 Å². The molecule has 2 aromatic rings. The van der Waals surface area contributed by atoms with E-state index in [2.05, 4.69) is 15.9 Å². The summed E-state index contributed by atoms with van der Waals surface area (Å²) >= 11 is 6.60. The Kier molecular flexibility index (Phi) is 7.98. The first kappa shape index (κ1) is 30.4. The molecular weight excluding hydrogens is 597 g/mol. The second-order valence-corrected chi connectivity index (χ2v) is 13.7. The molecule has 240 valence electrons. The normalized spacial score (nSPS) is 28.0. The third-order valence-electron chi connectivity index (χ3n) is 10.1. The quantitative estimate of drug-likeness (QED) is 0.479. The molecule has 4 aliphatic heterocycles. The van der Waals surface area contributed by atoms with Gasteiger partial charge in [-0.25, -0.2) is 4.39 Å². The topological polar surface area (TPSA) is 109 Å². The number of halogens is 2. The lowest BCUT2D eigenvalue weighted by Gasteiger charge is -2.37. The fourth-order valence-electron chi connectivity index (χ4n) is 7.91. The number of hydrogen-bond acceptors (Lipinski definition) is 9. The lowest BCUT2D eigenvalue weighted by molar-refractivity contribution is -0.124. The van der Waals surface area contributed by atoms with Crippen molar-refractivity contribution in [3.63, 3.8) is 0 Å². The third-order valence-corrected chi connectivity index (χ3v) is 10.5. The van der Waals surface area contributed by atoms with Gasteiger partial charge in [-0.1, -0.05) is 23.7 Å². The summed E-state index contributed by atoms with van der Waals surface area (Å²) in [6, 6.07) is 6.33. The van der Waals surface area contributed by atoms with E-state index in [-0.39, 0.29) is 17.1 Å². The van der Waals surface area contributed by atoms with E-state index in [4.69, 9.17) is 41.8 Å². The molecule has 1 spiro atoms. The maximum Gasteiger partial charge on any atom is 0.318 e. The molecular formula is C33H41ClFN7O3. The maximum atomic E-state index is 14.5. The molecule has 0 bridgehead atoms. The first-order chi connectivity index (χ1) is 21.7. The Balaban J connectivity index is 1.23. The van der Waals surface area contributed by atoms with Crippen molar-refractivity contribution in [3.05, 3.63) is 57.4 Å². The summed E-state index contributed by atoms with van der Waals surface area (Å²) in [6.45, 7) is 3.80. The number of nitrogens with zero attached hydrogens (tertiary/aromatic N) is 6. The van der Waals surface area contributed by atoms with Crippen LogP contribution in [0.4, 0.5) is 10.2 Å². The van der Waals surface area contributed by atoms with Crippen LogP contribution in [0.25, 0.3) is 0 Å². The summed E-state index contributed by atoms with van der Waals surface area (Å²) in [6.07, 6.45) is 6.30. The molecule has 0 radical (unpaired) electrons. The van der Waals surface area contributed by atoms with Gasteiger partial charge in [-0.2, -0.15) is 9.97 Å². The molecule has 1 aliphatic carbocycles. The number of fused-ring (bicyclic) bond motifs is 4. The molecule has 2 fully saturated rings. The molecule has 7 rings (SSSR count). The summed E-state index contributed by atoms with van der Waals surface area (Å²) in [5.74, 6) is 0.479. The number of alkyl halides is 1. The predicted molar refractivity (Wildman–Crippen MR) is 171 cm³/mol. The number of ether oxygens (including phenoxy) is 2. The Bertz CT molecular complexity index is 1570. The van der Waals surface area contributed by atoms with E-state index in [9.17, 15) is 9.18 Å². The lowest BCUT2D eigenvalue weighted by Crippen LogP contribution is -2.43. The van der Waals surface area contributed by atoms with Crippen molar-refractivity contribution in [3.8, 4) is 6.01 Å². The molecule has 0 saturated carbocycles. The molecule has 45 heavy (non-hydrogen) atoms. The summed E-state index contributed by atoms with van der Waals surface area (Å²) in [5, 5.41) is 0.769. The molecule has 12 heteroatoms. The van der Waals surface area contributed by atoms with Crippen LogP contribution in [0.15, 0.2) is 35.0 Å². The molecule has 1 aromatic carbocycles. The third kappa shape index (κ3) is 5.57. The second-order valence-electron chi connectivity index (χ2n) is 13.3. The van der Waals surface area contributed by atoms with Gasteiger partial charge < -0.3 is 25.0 Å². The Morgan fingerprint density at radius 3 is 2.96 bits per heavy atom. The Morgan fingerprint density at radius 1 is 1.24 bits per heavy atom. The highest BCUT2D eigenvalue weighted by Gasteiger charge is 2.50. The van der Waals surface area contributed by atoms with Crippen molar-refractivity contribution in [2.24, 2.45) is 10.7 Å². The second kappa shape index (κ2) is 11.8. The smallest absolute Gasteiger partial charge is 0.318 e. The summed E-state index contributed by atoms with van der Waals surface area (Å²) in [5.41, 5.74) is 10.3. The number of anilines is 1. The number of benzene rings is 1. The largest absolute Gasteiger partial charge is 0.461 e. The zero-order chi connectivity index (χ0) is 31.3. The zero-order valence-corrected chi connectivity index (χ0v) is 26.8. The van der Waals surface area contributed by atoms with Crippen molar-refractivity contribution >= 4 is 29.0 Å². The Labute approximate surface area is 268 Å². The first-order valence-electron chi connectivity index (χ1n) is 16.0. The molecule has 3 atom stereocenters. The van der Waals surface area contributed by atoms with Gasteiger partial charge in [0, 0.05) is 57.2 Å². The van der Waals surface area contributed by atoms with Gasteiger partial charge >= 0.3 is 6.01 Å². The molecule has 10 nitrogen and oxygen atoms in total. The Morgan fingerprint density at radius 2 is 2.11 bits per heavy atom. The highest BCUT2D eigenvalue weighted by atomic mass is 35.5. The van der Waals surface area contributed by atoms with Crippen LogP contribution in [0.2, 0.25) is 5.02 Å². The minimum absolute atomic E-state index is 0.140. The number of carbonyl (C=O) groups is 1. The van der Waals surface area contributed by atoms with E-state index in [1.165, 1.54) is 4.90 Å². The van der Waals surface area contributed by atoms with Gasteiger partial charge in [0.15, 0.2) is 0 Å². The molecule has 2 N–H and O–H groups in total. The minimum atomic E-state index is -0.838. The van der Waals surface area contributed by atoms with Crippen LogP contribution in [-0.4, -0.2) is 96.5 Å². The van der Waals surface area contributed by atoms with Gasteiger partial charge in [-0.15, -0.1) is 0 Å². The number of aromatic nitrogens is 2. The molecule has 5 aliphatic rings. The number of rotatable bonds is 6. The summed E-state index contributed by atoms with van der Waals surface area (Å²) < 4.78 is 27.7. The van der Waals surface area contributed by atoms with Crippen molar-refractivity contribution in [2.45, 2.75) is 68.9 Å². The number of amides is 1. The minimum Gasteiger partial charge on any atom is -0.461 e.